The SMILES string of the molecule is CC[C@H](C(=O)NC(C)C)N(Cc1ccccc1Cl)C(=O)COc1ccc(Cl)c(C)c1. The fourth-order valence-corrected chi connectivity index (χ4v) is 3.36. The topological polar surface area (TPSA) is 58.6 Å². The first-order valence-electron chi connectivity index (χ1n) is 9.95. The second kappa shape index (κ2) is 11.2. The highest BCUT2D eigenvalue weighted by molar-refractivity contribution is 6.31. The highest BCUT2D eigenvalue weighted by atomic mass is 35.5. The van der Waals surface area contributed by atoms with Gasteiger partial charge in [0.25, 0.3) is 5.91 Å². The molecule has 0 unspecified atom stereocenters. The van der Waals surface area contributed by atoms with Crippen molar-refractivity contribution in [1.29, 1.82) is 0 Å². The Bertz CT molecular complexity index is 887. The Morgan fingerprint density at radius 1 is 1.10 bits per heavy atom. The third-order valence-electron chi connectivity index (χ3n) is 4.61. The van der Waals surface area contributed by atoms with E-state index in [0.717, 1.165) is 11.1 Å². The summed E-state index contributed by atoms with van der Waals surface area (Å²) in [6, 6.07) is 11.8. The largest absolute Gasteiger partial charge is 0.484 e. The predicted molar refractivity (Wildman–Crippen MR) is 121 cm³/mol. The van der Waals surface area contributed by atoms with Gasteiger partial charge in [0.2, 0.25) is 5.91 Å². The third-order valence-corrected chi connectivity index (χ3v) is 5.40. The van der Waals surface area contributed by atoms with Gasteiger partial charge in [-0.25, -0.2) is 0 Å². The lowest BCUT2D eigenvalue weighted by Crippen LogP contribution is -2.51. The molecule has 0 aromatic heterocycles. The predicted octanol–water partition coefficient (Wildman–Crippen LogP) is 5.01. The number of aryl methyl sites for hydroxylation is 1. The smallest absolute Gasteiger partial charge is 0.261 e. The van der Waals surface area contributed by atoms with E-state index in [0.29, 0.717) is 22.2 Å². The summed E-state index contributed by atoms with van der Waals surface area (Å²) >= 11 is 12.4. The average Bonchev–Trinajstić information content (AvgIpc) is 2.69. The molecule has 7 heteroatoms. The summed E-state index contributed by atoms with van der Waals surface area (Å²) in [5.74, 6) is 0.0474. The van der Waals surface area contributed by atoms with Gasteiger partial charge >= 0.3 is 0 Å². The van der Waals surface area contributed by atoms with Crippen molar-refractivity contribution in [2.24, 2.45) is 0 Å². The van der Waals surface area contributed by atoms with Gasteiger partial charge in [-0.15, -0.1) is 0 Å². The molecule has 2 aromatic rings. The summed E-state index contributed by atoms with van der Waals surface area (Å²) in [4.78, 5) is 27.4. The zero-order valence-electron chi connectivity index (χ0n) is 17.7. The van der Waals surface area contributed by atoms with Crippen LogP contribution in [0.2, 0.25) is 10.0 Å². The first-order chi connectivity index (χ1) is 14.2. The molecule has 1 N–H and O–H groups in total. The van der Waals surface area contributed by atoms with Crippen LogP contribution >= 0.6 is 23.2 Å². The minimum atomic E-state index is -0.633. The van der Waals surface area contributed by atoms with E-state index in [-0.39, 0.29) is 31.0 Å². The summed E-state index contributed by atoms with van der Waals surface area (Å²) in [6.07, 6.45) is 0.467. The van der Waals surface area contributed by atoms with Crippen molar-refractivity contribution in [2.75, 3.05) is 6.61 Å². The van der Waals surface area contributed by atoms with Crippen molar-refractivity contribution < 1.29 is 14.3 Å². The minimum Gasteiger partial charge on any atom is -0.484 e. The number of halogens is 2. The summed E-state index contributed by atoms with van der Waals surface area (Å²) in [5.41, 5.74) is 1.63. The number of ether oxygens (including phenoxy) is 1. The molecule has 0 aliphatic rings. The van der Waals surface area contributed by atoms with Crippen LogP contribution in [0.1, 0.15) is 38.3 Å². The van der Waals surface area contributed by atoms with E-state index in [1.54, 1.807) is 24.3 Å². The molecule has 0 saturated carbocycles. The number of hydrogen-bond donors (Lipinski definition) is 1. The van der Waals surface area contributed by atoms with Crippen molar-refractivity contribution in [1.82, 2.24) is 10.2 Å². The van der Waals surface area contributed by atoms with Crippen LogP contribution in [0.3, 0.4) is 0 Å². The minimum absolute atomic E-state index is 0.0305. The van der Waals surface area contributed by atoms with Crippen LogP contribution in [-0.4, -0.2) is 35.4 Å². The van der Waals surface area contributed by atoms with Crippen molar-refractivity contribution in [2.45, 2.75) is 52.7 Å². The summed E-state index contributed by atoms with van der Waals surface area (Å²) in [7, 11) is 0. The Hall–Kier alpha value is -2.24. The lowest BCUT2D eigenvalue weighted by molar-refractivity contribution is -0.143. The zero-order valence-corrected chi connectivity index (χ0v) is 19.3. The molecule has 1 atom stereocenters. The highest BCUT2D eigenvalue weighted by Crippen LogP contribution is 2.22. The molecule has 2 rings (SSSR count). The van der Waals surface area contributed by atoms with Crippen molar-refractivity contribution in [3.63, 3.8) is 0 Å². The molecular formula is C23H28Cl2N2O3. The van der Waals surface area contributed by atoms with E-state index in [9.17, 15) is 9.59 Å². The molecule has 0 fully saturated rings. The van der Waals surface area contributed by atoms with Gasteiger partial charge in [0, 0.05) is 22.6 Å². The first kappa shape index (κ1) is 24.0. The Morgan fingerprint density at radius 2 is 1.80 bits per heavy atom. The maximum absolute atomic E-state index is 13.1. The first-order valence-corrected chi connectivity index (χ1v) is 10.7. The van der Waals surface area contributed by atoms with E-state index < -0.39 is 6.04 Å². The van der Waals surface area contributed by atoms with E-state index in [1.165, 1.54) is 4.90 Å². The maximum atomic E-state index is 13.1. The van der Waals surface area contributed by atoms with Crippen LogP contribution in [-0.2, 0) is 16.1 Å². The molecule has 0 aliphatic heterocycles. The quantitative estimate of drug-likeness (QED) is 0.583. The van der Waals surface area contributed by atoms with Crippen LogP contribution in [0.5, 0.6) is 5.75 Å². The molecule has 0 aliphatic carbocycles. The Balaban J connectivity index is 2.23. The summed E-state index contributed by atoms with van der Waals surface area (Å²) < 4.78 is 5.69. The van der Waals surface area contributed by atoms with Gasteiger partial charge in [0.15, 0.2) is 6.61 Å². The zero-order chi connectivity index (χ0) is 22.3. The van der Waals surface area contributed by atoms with Gasteiger partial charge in [-0.3, -0.25) is 9.59 Å². The standard InChI is InChI=1S/C23H28Cl2N2O3/c1-5-21(23(29)26-15(2)3)27(13-17-8-6-7-9-20(17)25)22(28)14-30-18-10-11-19(24)16(4)12-18/h6-12,15,21H,5,13-14H2,1-4H3,(H,26,29)/t21-/m1/s1. The molecule has 5 nitrogen and oxygen atoms in total. The van der Waals surface area contributed by atoms with E-state index in [2.05, 4.69) is 5.32 Å². The number of nitrogens with zero attached hydrogens (tertiary/aromatic N) is 1. The molecule has 0 saturated heterocycles. The maximum Gasteiger partial charge on any atom is 0.261 e. The number of carbonyl (C=O) groups excluding carboxylic acids is 2. The van der Waals surface area contributed by atoms with Gasteiger partial charge < -0.3 is 15.0 Å². The van der Waals surface area contributed by atoms with Crippen LogP contribution in [0.4, 0.5) is 0 Å². The molecular weight excluding hydrogens is 423 g/mol. The molecule has 2 aromatic carbocycles. The highest BCUT2D eigenvalue weighted by Gasteiger charge is 2.29. The fourth-order valence-electron chi connectivity index (χ4n) is 3.05. The lowest BCUT2D eigenvalue weighted by Gasteiger charge is -2.31. The molecule has 0 radical (unpaired) electrons. The average molecular weight is 451 g/mol. The number of hydrogen-bond acceptors (Lipinski definition) is 3. The molecule has 30 heavy (non-hydrogen) atoms. The van der Waals surface area contributed by atoms with E-state index >= 15 is 0 Å². The van der Waals surface area contributed by atoms with E-state index in [4.69, 9.17) is 27.9 Å². The van der Waals surface area contributed by atoms with Crippen LogP contribution < -0.4 is 10.1 Å². The van der Waals surface area contributed by atoms with Gasteiger partial charge in [0.05, 0.1) is 0 Å². The Morgan fingerprint density at radius 3 is 2.40 bits per heavy atom. The van der Waals surface area contributed by atoms with Gasteiger partial charge in [-0.1, -0.05) is 48.3 Å². The van der Waals surface area contributed by atoms with Crippen LogP contribution in [0.25, 0.3) is 0 Å². The van der Waals surface area contributed by atoms with Crippen molar-refractivity contribution in [3.8, 4) is 5.75 Å². The molecule has 2 amide bonds. The number of carbonyl (C=O) groups is 2. The van der Waals surface area contributed by atoms with Crippen molar-refractivity contribution >= 4 is 35.0 Å². The second-order valence-electron chi connectivity index (χ2n) is 7.40. The molecule has 0 heterocycles. The second-order valence-corrected chi connectivity index (χ2v) is 8.21. The van der Waals surface area contributed by atoms with Crippen LogP contribution in [0, 0.1) is 6.92 Å². The summed E-state index contributed by atoms with van der Waals surface area (Å²) in [5, 5.41) is 4.07. The number of amides is 2. The van der Waals surface area contributed by atoms with Gasteiger partial charge in [0.1, 0.15) is 11.8 Å². The fraction of sp³-hybridized carbons (Fsp3) is 0.391. The molecule has 162 valence electrons. The normalized spacial score (nSPS) is 11.8. The Kier molecular flexibility index (Phi) is 9.00. The van der Waals surface area contributed by atoms with Crippen molar-refractivity contribution in [3.05, 3.63) is 63.6 Å². The number of benzene rings is 2. The molecule has 0 bridgehead atoms. The van der Waals surface area contributed by atoms with Gasteiger partial charge in [-0.05, 0) is 62.6 Å². The Labute approximate surface area is 188 Å². The third kappa shape index (κ3) is 6.64. The molecule has 0 spiro atoms. The van der Waals surface area contributed by atoms with Crippen LogP contribution in [0.15, 0.2) is 42.5 Å². The number of nitrogens with one attached hydrogen (secondary N) is 1. The van der Waals surface area contributed by atoms with Gasteiger partial charge in [-0.2, -0.15) is 0 Å². The summed E-state index contributed by atoms with van der Waals surface area (Å²) in [6.45, 7) is 7.53. The van der Waals surface area contributed by atoms with E-state index in [1.807, 2.05) is 45.9 Å². The monoisotopic (exact) mass is 450 g/mol. The lowest BCUT2D eigenvalue weighted by atomic mass is 10.1. The number of rotatable bonds is 9.